The van der Waals surface area contributed by atoms with E-state index in [1.165, 1.54) is 12.1 Å². The van der Waals surface area contributed by atoms with Crippen LogP contribution in [-0.4, -0.2) is 9.78 Å². The summed E-state index contributed by atoms with van der Waals surface area (Å²) >= 11 is 0. The van der Waals surface area contributed by atoms with E-state index >= 15 is 0 Å². The molecule has 3 nitrogen and oxygen atoms in total. The molecule has 0 spiro atoms. The molecule has 0 bridgehead atoms. The molecule has 102 valence electrons. The molecule has 0 aliphatic carbocycles. The SMILES string of the molecule is Cc1cc(F)ccc1C(N)Cc1ccn(C(C)C)n1. The van der Waals surface area contributed by atoms with E-state index in [1.807, 2.05) is 23.9 Å². The number of rotatable bonds is 4. The van der Waals surface area contributed by atoms with Crippen LogP contribution in [0.5, 0.6) is 0 Å². The summed E-state index contributed by atoms with van der Waals surface area (Å²) in [7, 11) is 0. The fourth-order valence-corrected chi connectivity index (χ4v) is 2.16. The lowest BCUT2D eigenvalue weighted by Gasteiger charge is -2.13. The first-order valence-electron chi connectivity index (χ1n) is 6.53. The lowest BCUT2D eigenvalue weighted by atomic mass is 9.98. The van der Waals surface area contributed by atoms with Gasteiger partial charge in [-0.15, -0.1) is 0 Å². The van der Waals surface area contributed by atoms with E-state index in [2.05, 4.69) is 18.9 Å². The number of hydrogen-bond acceptors (Lipinski definition) is 2. The summed E-state index contributed by atoms with van der Waals surface area (Å²) in [6.07, 6.45) is 2.62. The molecule has 0 saturated carbocycles. The fraction of sp³-hybridized carbons (Fsp3) is 0.400. The molecule has 2 rings (SSSR count). The summed E-state index contributed by atoms with van der Waals surface area (Å²) in [5.41, 5.74) is 9.01. The standard InChI is InChI=1S/C15H20FN3/c1-10(2)19-7-6-13(18-19)9-15(17)14-5-4-12(16)8-11(14)3/h4-8,10,15H,9,17H2,1-3H3. The van der Waals surface area contributed by atoms with Crippen LogP contribution in [0.25, 0.3) is 0 Å². The van der Waals surface area contributed by atoms with Gasteiger partial charge < -0.3 is 5.73 Å². The Morgan fingerprint density at radius 2 is 2.05 bits per heavy atom. The predicted octanol–water partition coefficient (Wildman–Crippen LogP) is 3.15. The zero-order valence-corrected chi connectivity index (χ0v) is 11.6. The lowest BCUT2D eigenvalue weighted by molar-refractivity contribution is 0.522. The first kappa shape index (κ1) is 13.7. The van der Waals surface area contributed by atoms with Gasteiger partial charge >= 0.3 is 0 Å². The summed E-state index contributed by atoms with van der Waals surface area (Å²) in [6, 6.07) is 6.90. The van der Waals surface area contributed by atoms with Gasteiger partial charge in [-0.3, -0.25) is 4.68 Å². The topological polar surface area (TPSA) is 43.8 Å². The third-order valence-electron chi connectivity index (χ3n) is 3.25. The number of nitrogens with zero attached hydrogens (tertiary/aromatic N) is 2. The Hall–Kier alpha value is -1.68. The van der Waals surface area contributed by atoms with Crippen molar-refractivity contribution in [3.8, 4) is 0 Å². The van der Waals surface area contributed by atoms with E-state index in [1.54, 1.807) is 6.07 Å². The van der Waals surface area contributed by atoms with Gasteiger partial charge in [0, 0.05) is 24.7 Å². The minimum absolute atomic E-state index is 0.156. The highest BCUT2D eigenvalue weighted by Crippen LogP contribution is 2.20. The van der Waals surface area contributed by atoms with Crippen molar-refractivity contribution in [2.75, 3.05) is 0 Å². The van der Waals surface area contributed by atoms with Crippen molar-refractivity contribution >= 4 is 0 Å². The summed E-state index contributed by atoms with van der Waals surface area (Å²) in [4.78, 5) is 0. The number of benzene rings is 1. The van der Waals surface area contributed by atoms with E-state index in [9.17, 15) is 4.39 Å². The monoisotopic (exact) mass is 261 g/mol. The van der Waals surface area contributed by atoms with Crippen molar-refractivity contribution in [3.05, 3.63) is 53.1 Å². The molecule has 4 heteroatoms. The van der Waals surface area contributed by atoms with Gasteiger partial charge in [0.25, 0.3) is 0 Å². The molecule has 0 radical (unpaired) electrons. The van der Waals surface area contributed by atoms with Crippen LogP contribution in [-0.2, 0) is 6.42 Å². The van der Waals surface area contributed by atoms with E-state index in [4.69, 9.17) is 5.73 Å². The molecule has 1 aromatic carbocycles. The van der Waals surface area contributed by atoms with Crippen LogP contribution in [0, 0.1) is 12.7 Å². The van der Waals surface area contributed by atoms with Crippen LogP contribution in [0.1, 0.15) is 42.8 Å². The quantitative estimate of drug-likeness (QED) is 0.918. The van der Waals surface area contributed by atoms with Crippen LogP contribution >= 0.6 is 0 Å². The fourth-order valence-electron chi connectivity index (χ4n) is 2.16. The highest BCUT2D eigenvalue weighted by Gasteiger charge is 2.12. The summed E-state index contributed by atoms with van der Waals surface area (Å²) in [5, 5.41) is 4.49. The molecule has 2 aromatic rings. The molecule has 0 aliphatic heterocycles. The molecule has 1 heterocycles. The number of nitrogens with two attached hydrogens (primary N) is 1. The van der Waals surface area contributed by atoms with Gasteiger partial charge in [-0.25, -0.2) is 4.39 Å². The van der Waals surface area contributed by atoms with Gasteiger partial charge in [0.05, 0.1) is 5.69 Å². The summed E-state index contributed by atoms with van der Waals surface area (Å²) in [5.74, 6) is -0.225. The maximum absolute atomic E-state index is 13.1. The largest absolute Gasteiger partial charge is 0.324 e. The Kier molecular flexibility index (Phi) is 4.00. The molecule has 2 N–H and O–H groups in total. The summed E-state index contributed by atoms with van der Waals surface area (Å²) < 4.78 is 15.0. The minimum atomic E-state index is -0.225. The molecule has 1 aromatic heterocycles. The highest BCUT2D eigenvalue weighted by molar-refractivity contribution is 5.30. The Morgan fingerprint density at radius 1 is 1.32 bits per heavy atom. The van der Waals surface area contributed by atoms with Gasteiger partial charge in [0.15, 0.2) is 0 Å². The maximum atomic E-state index is 13.1. The maximum Gasteiger partial charge on any atom is 0.123 e. The second kappa shape index (κ2) is 5.53. The van der Waals surface area contributed by atoms with E-state index in [0.29, 0.717) is 12.5 Å². The van der Waals surface area contributed by atoms with E-state index < -0.39 is 0 Å². The Morgan fingerprint density at radius 3 is 2.63 bits per heavy atom. The molecule has 0 amide bonds. The van der Waals surface area contributed by atoms with Crippen molar-refractivity contribution in [1.29, 1.82) is 0 Å². The number of aromatic nitrogens is 2. The van der Waals surface area contributed by atoms with Gasteiger partial charge in [-0.05, 0) is 50.1 Å². The zero-order chi connectivity index (χ0) is 14.0. The van der Waals surface area contributed by atoms with Crippen molar-refractivity contribution in [1.82, 2.24) is 9.78 Å². The van der Waals surface area contributed by atoms with Crippen LogP contribution < -0.4 is 5.73 Å². The van der Waals surface area contributed by atoms with Gasteiger partial charge in [-0.2, -0.15) is 5.10 Å². The van der Waals surface area contributed by atoms with Crippen LogP contribution in [0.3, 0.4) is 0 Å². The third kappa shape index (κ3) is 3.20. The predicted molar refractivity (Wildman–Crippen MR) is 74.4 cm³/mol. The smallest absolute Gasteiger partial charge is 0.123 e. The van der Waals surface area contributed by atoms with Crippen molar-refractivity contribution < 1.29 is 4.39 Å². The minimum Gasteiger partial charge on any atom is -0.324 e. The average molecular weight is 261 g/mol. The van der Waals surface area contributed by atoms with Gasteiger partial charge in [-0.1, -0.05) is 6.07 Å². The Balaban J connectivity index is 2.13. The first-order chi connectivity index (χ1) is 8.97. The Labute approximate surface area is 113 Å². The zero-order valence-electron chi connectivity index (χ0n) is 11.6. The second-order valence-corrected chi connectivity index (χ2v) is 5.19. The Bertz CT molecular complexity index is 560. The molecule has 0 saturated heterocycles. The lowest BCUT2D eigenvalue weighted by Crippen LogP contribution is -2.15. The van der Waals surface area contributed by atoms with Crippen molar-refractivity contribution in [3.63, 3.8) is 0 Å². The van der Waals surface area contributed by atoms with E-state index in [-0.39, 0.29) is 11.9 Å². The number of aryl methyl sites for hydroxylation is 1. The number of hydrogen-bond donors (Lipinski definition) is 1. The normalized spacial score (nSPS) is 12.9. The second-order valence-electron chi connectivity index (χ2n) is 5.19. The molecular weight excluding hydrogens is 241 g/mol. The third-order valence-corrected chi connectivity index (χ3v) is 3.25. The van der Waals surface area contributed by atoms with Crippen LogP contribution in [0.4, 0.5) is 4.39 Å². The van der Waals surface area contributed by atoms with Crippen LogP contribution in [0.2, 0.25) is 0 Å². The van der Waals surface area contributed by atoms with E-state index in [0.717, 1.165) is 16.8 Å². The molecular formula is C15H20FN3. The van der Waals surface area contributed by atoms with Gasteiger partial charge in [0.2, 0.25) is 0 Å². The highest BCUT2D eigenvalue weighted by atomic mass is 19.1. The molecule has 1 unspecified atom stereocenters. The van der Waals surface area contributed by atoms with Gasteiger partial charge in [0.1, 0.15) is 5.82 Å². The molecule has 0 aliphatic rings. The average Bonchev–Trinajstić information content (AvgIpc) is 2.77. The molecule has 1 atom stereocenters. The van der Waals surface area contributed by atoms with Crippen molar-refractivity contribution in [2.45, 2.75) is 39.3 Å². The van der Waals surface area contributed by atoms with Crippen LogP contribution in [0.15, 0.2) is 30.5 Å². The van der Waals surface area contributed by atoms with Crippen molar-refractivity contribution in [2.24, 2.45) is 5.73 Å². The first-order valence-corrected chi connectivity index (χ1v) is 6.53. The summed E-state index contributed by atoms with van der Waals surface area (Å²) in [6.45, 7) is 6.05. The molecule has 19 heavy (non-hydrogen) atoms. The molecule has 0 fully saturated rings. The number of halogens is 1.